The minimum Gasteiger partial charge on any atom is -0.507 e. The third kappa shape index (κ3) is 4.55. The van der Waals surface area contributed by atoms with Crippen molar-refractivity contribution in [3.8, 4) is 0 Å². The van der Waals surface area contributed by atoms with E-state index in [9.17, 15) is 19.5 Å². The van der Waals surface area contributed by atoms with Crippen LogP contribution in [0, 0.1) is 0 Å². The topological polar surface area (TPSA) is 85.6 Å². The Hall–Kier alpha value is -3.38. The van der Waals surface area contributed by atoms with Crippen molar-refractivity contribution >= 4 is 40.0 Å². The lowest BCUT2D eigenvalue weighted by Crippen LogP contribution is -2.18. The number of aliphatic hydroxyl groups is 1. The molecule has 0 fully saturated rings. The second-order valence-electron chi connectivity index (χ2n) is 6.26. The normalized spacial score (nSPS) is 11.4. The number of halogens is 1. The number of benzene rings is 2. The molecule has 0 saturated carbocycles. The predicted octanol–water partition coefficient (Wildman–Crippen LogP) is 3.73. The van der Waals surface area contributed by atoms with E-state index in [-0.39, 0.29) is 12.2 Å². The van der Waals surface area contributed by atoms with Crippen molar-refractivity contribution in [1.29, 1.82) is 0 Å². The molecule has 0 aliphatic rings. The Kier molecular flexibility index (Phi) is 6.14. The fourth-order valence-corrected chi connectivity index (χ4v) is 3.03. The van der Waals surface area contributed by atoms with E-state index in [1.54, 1.807) is 47.9 Å². The van der Waals surface area contributed by atoms with E-state index in [2.05, 4.69) is 4.74 Å². The molecule has 0 radical (unpaired) electrons. The Morgan fingerprint density at radius 2 is 1.83 bits per heavy atom. The van der Waals surface area contributed by atoms with Crippen molar-refractivity contribution in [3.05, 3.63) is 87.2 Å². The van der Waals surface area contributed by atoms with Crippen LogP contribution in [0.5, 0.6) is 0 Å². The van der Waals surface area contributed by atoms with Gasteiger partial charge in [-0.3, -0.25) is 9.59 Å². The Balaban J connectivity index is 2.09. The maximum atomic E-state index is 12.8. The maximum absolute atomic E-state index is 12.8. The van der Waals surface area contributed by atoms with Gasteiger partial charge in [-0.2, -0.15) is 0 Å². The van der Waals surface area contributed by atoms with Crippen LogP contribution >= 0.6 is 11.6 Å². The number of rotatable bonds is 6. The van der Waals surface area contributed by atoms with E-state index in [4.69, 9.17) is 11.6 Å². The molecule has 0 aliphatic carbocycles. The molecule has 3 aromatic rings. The first kappa shape index (κ1) is 20.4. The van der Waals surface area contributed by atoms with Gasteiger partial charge < -0.3 is 14.4 Å². The number of hydrogen-bond donors (Lipinski definition) is 1. The number of carbonyl (C=O) groups is 2. The fourth-order valence-electron chi connectivity index (χ4n) is 2.91. The molecular weight excluding hydrogens is 394 g/mol. The van der Waals surface area contributed by atoms with Crippen LogP contribution in [-0.2, 0) is 20.9 Å². The molecule has 0 unspecified atom stereocenters. The van der Waals surface area contributed by atoms with Crippen LogP contribution in [0.2, 0.25) is 5.02 Å². The molecule has 0 atom stereocenters. The van der Waals surface area contributed by atoms with E-state index in [1.165, 1.54) is 6.20 Å². The number of hydrogen-bond acceptors (Lipinski definition) is 5. The molecular formula is C22H18ClNO5. The molecule has 148 valence electrons. The third-order valence-electron chi connectivity index (χ3n) is 4.27. The molecule has 1 aromatic heterocycles. The number of aromatic nitrogens is 1. The zero-order valence-electron chi connectivity index (χ0n) is 15.6. The van der Waals surface area contributed by atoms with Gasteiger partial charge in [-0.25, -0.2) is 4.79 Å². The van der Waals surface area contributed by atoms with Gasteiger partial charge >= 0.3 is 5.97 Å². The van der Waals surface area contributed by atoms with Crippen LogP contribution in [0.1, 0.15) is 18.1 Å². The van der Waals surface area contributed by atoms with Gasteiger partial charge in [0.2, 0.25) is 0 Å². The summed E-state index contributed by atoms with van der Waals surface area (Å²) in [6.45, 7) is 2.00. The summed E-state index contributed by atoms with van der Waals surface area (Å²) in [6.07, 6.45) is 2.17. The first-order valence-electron chi connectivity index (χ1n) is 8.89. The Bertz CT molecular complexity index is 1160. The Morgan fingerprint density at radius 1 is 1.14 bits per heavy atom. The highest BCUT2D eigenvalue weighted by Gasteiger charge is 2.17. The number of nitrogens with zero attached hydrogens (tertiary/aromatic N) is 1. The highest BCUT2D eigenvalue weighted by Crippen LogP contribution is 2.18. The first-order valence-corrected chi connectivity index (χ1v) is 9.27. The zero-order chi connectivity index (χ0) is 21.0. The van der Waals surface area contributed by atoms with Crippen LogP contribution in [0.3, 0.4) is 0 Å². The summed E-state index contributed by atoms with van der Waals surface area (Å²) in [5.74, 6) is -2.73. The second-order valence-corrected chi connectivity index (χ2v) is 6.69. The van der Waals surface area contributed by atoms with E-state index in [1.807, 2.05) is 12.1 Å². The van der Waals surface area contributed by atoms with E-state index < -0.39 is 22.9 Å². The van der Waals surface area contributed by atoms with Gasteiger partial charge in [-0.15, -0.1) is 0 Å². The molecule has 2 aromatic carbocycles. The summed E-state index contributed by atoms with van der Waals surface area (Å²) in [5.41, 5.74) is 1.06. The first-order chi connectivity index (χ1) is 13.9. The van der Waals surface area contributed by atoms with Gasteiger partial charge in [0.05, 0.1) is 17.7 Å². The lowest BCUT2D eigenvalue weighted by atomic mass is 10.1. The minimum atomic E-state index is -1.10. The predicted molar refractivity (Wildman–Crippen MR) is 111 cm³/mol. The van der Waals surface area contributed by atoms with Gasteiger partial charge in [0.1, 0.15) is 5.76 Å². The average molecular weight is 412 g/mol. The highest BCUT2D eigenvalue weighted by molar-refractivity contribution is 6.39. The number of fused-ring (bicyclic) bond motifs is 1. The summed E-state index contributed by atoms with van der Waals surface area (Å²) in [6, 6.07) is 14.2. The number of aliphatic hydroxyl groups excluding tert-OH is 1. The Morgan fingerprint density at radius 3 is 2.52 bits per heavy atom. The van der Waals surface area contributed by atoms with E-state index in [0.717, 1.165) is 5.56 Å². The van der Waals surface area contributed by atoms with Gasteiger partial charge in [-0.1, -0.05) is 35.9 Å². The SMILES string of the molecule is CCOC(=O)C(=O)/C=C(\O)c1cn(Cc2ccc(Cl)cc2)c2ccccc2c1=O. The number of ketones is 1. The largest absolute Gasteiger partial charge is 0.507 e. The van der Waals surface area contributed by atoms with Crippen LogP contribution in [0.15, 0.2) is 65.6 Å². The summed E-state index contributed by atoms with van der Waals surface area (Å²) >= 11 is 5.94. The molecule has 1 heterocycles. The van der Waals surface area contributed by atoms with Crippen molar-refractivity contribution in [2.24, 2.45) is 0 Å². The molecule has 1 N–H and O–H groups in total. The smallest absolute Gasteiger partial charge is 0.379 e. The van der Waals surface area contributed by atoms with Gasteiger partial charge in [0.15, 0.2) is 5.43 Å². The number of ether oxygens (including phenoxy) is 1. The zero-order valence-corrected chi connectivity index (χ0v) is 16.3. The standard InChI is InChI=1S/C22H18ClNO5/c1-2-29-22(28)20(26)11-19(25)17-13-24(12-14-7-9-15(23)10-8-14)18-6-4-3-5-16(18)21(17)27/h3-11,13,25H,2,12H2,1H3/b19-11-. The quantitative estimate of drug-likeness (QED) is 0.289. The monoisotopic (exact) mass is 411 g/mol. The summed E-state index contributed by atoms with van der Waals surface area (Å²) < 4.78 is 6.40. The van der Waals surface area contributed by atoms with Gasteiger partial charge in [-0.05, 0) is 36.8 Å². The van der Waals surface area contributed by atoms with Crippen molar-refractivity contribution in [3.63, 3.8) is 0 Å². The number of esters is 1. The van der Waals surface area contributed by atoms with Crippen LogP contribution in [-0.4, -0.2) is 28.0 Å². The van der Waals surface area contributed by atoms with E-state index >= 15 is 0 Å². The average Bonchev–Trinajstić information content (AvgIpc) is 2.71. The van der Waals surface area contributed by atoms with Crippen molar-refractivity contribution in [2.45, 2.75) is 13.5 Å². The molecule has 0 amide bonds. The van der Waals surface area contributed by atoms with Crippen molar-refractivity contribution in [1.82, 2.24) is 4.57 Å². The van der Waals surface area contributed by atoms with Gasteiger partial charge in [0.25, 0.3) is 5.78 Å². The molecule has 29 heavy (non-hydrogen) atoms. The fraction of sp³-hybridized carbons (Fsp3) is 0.136. The van der Waals surface area contributed by atoms with Gasteiger partial charge in [0, 0.05) is 29.2 Å². The molecule has 0 saturated heterocycles. The Labute approximate surface area is 171 Å². The number of para-hydroxylation sites is 1. The van der Waals surface area contributed by atoms with E-state index in [0.29, 0.717) is 28.5 Å². The summed E-state index contributed by atoms with van der Waals surface area (Å²) in [7, 11) is 0. The molecule has 0 bridgehead atoms. The second kappa shape index (κ2) is 8.75. The number of carbonyl (C=O) groups excluding carboxylic acids is 2. The third-order valence-corrected chi connectivity index (χ3v) is 4.53. The van der Waals surface area contributed by atoms with Crippen molar-refractivity contribution < 1.29 is 19.4 Å². The highest BCUT2D eigenvalue weighted by atomic mass is 35.5. The summed E-state index contributed by atoms with van der Waals surface area (Å²) in [5, 5.41) is 11.4. The molecule has 0 aliphatic heterocycles. The molecule has 7 heteroatoms. The number of pyridine rings is 1. The minimum absolute atomic E-state index is 0.0308. The summed E-state index contributed by atoms with van der Waals surface area (Å²) in [4.78, 5) is 36.2. The van der Waals surface area contributed by atoms with Crippen LogP contribution < -0.4 is 5.43 Å². The van der Waals surface area contributed by atoms with Crippen LogP contribution in [0.25, 0.3) is 16.7 Å². The molecule has 3 rings (SSSR count). The van der Waals surface area contributed by atoms with Crippen molar-refractivity contribution in [2.75, 3.05) is 6.61 Å². The molecule has 0 spiro atoms. The van der Waals surface area contributed by atoms with Crippen LogP contribution in [0.4, 0.5) is 0 Å². The lowest BCUT2D eigenvalue weighted by molar-refractivity contribution is -0.151. The maximum Gasteiger partial charge on any atom is 0.379 e. The molecule has 6 nitrogen and oxygen atoms in total. The lowest BCUT2D eigenvalue weighted by Gasteiger charge is -2.13.